The normalized spacial score (nSPS) is 10.9. The first-order valence-electron chi connectivity index (χ1n) is 4.56. The number of methoxy groups -OCH3 is 2. The minimum Gasteiger partial charge on any atom is -0.465 e. The molecule has 18 heavy (non-hydrogen) atoms. The van der Waals surface area contributed by atoms with E-state index in [4.69, 9.17) is 0 Å². The molecule has 5 nitrogen and oxygen atoms in total. The van der Waals surface area contributed by atoms with E-state index in [2.05, 4.69) is 14.5 Å². The first-order valence-corrected chi connectivity index (χ1v) is 4.56. The van der Waals surface area contributed by atoms with Crippen LogP contribution in [0.15, 0.2) is 12.1 Å². The highest BCUT2D eigenvalue weighted by molar-refractivity contribution is 6.01. The van der Waals surface area contributed by atoms with Crippen LogP contribution in [0.1, 0.15) is 26.5 Å². The van der Waals surface area contributed by atoms with Crippen LogP contribution in [0.4, 0.5) is 13.2 Å². The van der Waals surface area contributed by atoms with E-state index in [1.54, 1.807) is 0 Å². The average molecular weight is 263 g/mol. The van der Waals surface area contributed by atoms with E-state index in [0.717, 1.165) is 20.3 Å². The van der Waals surface area contributed by atoms with Gasteiger partial charge in [0.25, 0.3) is 0 Å². The van der Waals surface area contributed by atoms with E-state index < -0.39 is 35.1 Å². The fourth-order valence-corrected chi connectivity index (χ4v) is 1.14. The van der Waals surface area contributed by atoms with Crippen molar-refractivity contribution in [1.29, 1.82) is 0 Å². The van der Waals surface area contributed by atoms with Gasteiger partial charge in [-0.05, 0) is 12.1 Å². The van der Waals surface area contributed by atoms with Crippen molar-refractivity contribution in [2.24, 2.45) is 0 Å². The molecule has 0 saturated heterocycles. The molecule has 0 spiro atoms. The fraction of sp³-hybridized carbons (Fsp3) is 0.300. The number of ether oxygens (including phenoxy) is 2. The first-order chi connectivity index (χ1) is 8.31. The zero-order valence-corrected chi connectivity index (χ0v) is 9.37. The van der Waals surface area contributed by atoms with Crippen molar-refractivity contribution in [3.05, 3.63) is 29.1 Å². The Kier molecular flexibility index (Phi) is 3.89. The summed E-state index contributed by atoms with van der Waals surface area (Å²) in [6.45, 7) is 0. The quantitative estimate of drug-likeness (QED) is 0.759. The van der Waals surface area contributed by atoms with Crippen LogP contribution in [0.2, 0.25) is 0 Å². The SMILES string of the molecule is COC(=O)c1ccc(C(F)(F)F)nc1C(=O)OC. The Labute approximate surface area is 99.5 Å². The number of alkyl halides is 3. The highest BCUT2D eigenvalue weighted by Gasteiger charge is 2.34. The zero-order chi connectivity index (χ0) is 13.9. The Bertz CT molecular complexity index is 485. The van der Waals surface area contributed by atoms with Gasteiger partial charge < -0.3 is 9.47 Å². The molecule has 0 aliphatic rings. The molecule has 0 fully saturated rings. The molecule has 0 bridgehead atoms. The molecule has 0 N–H and O–H groups in total. The van der Waals surface area contributed by atoms with Crippen LogP contribution in [0.3, 0.4) is 0 Å². The van der Waals surface area contributed by atoms with E-state index >= 15 is 0 Å². The Morgan fingerprint density at radius 3 is 2.11 bits per heavy atom. The molecule has 1 aromatic heterocycles. The summed E-state index contributed by atoms with van der Waals surface area (Å²) < 4.78 is 45.8. The molecule has 1 aromatic rings. The van der Waals surface area contributed by atoms with Crippen molar-refractivity contribution >= 4 is 11.9 Å². The lowest BCUT2D eigenvalue weighted by atomic mass is 10.1. The molecular formula is C10H8F3NO4. The van der Waals surface area contributed by atoms with E-state index in [0.29, 0.717) is 6.07 Å². The van der Waals surface area contributed by atoms with Crippen molar-refractivity contribution in [2.45, 2.75) is 6.18 Å². The zero-order valence-electron chi connectivity index (χ0n) is 9.37. The lowest BCUT2D eigenvalue weighted by molar-refractivity contribution is -0.141. The van der Waals surface area contributed by atoms with Crippen molar-refractivity contribution in [1.82, 2.24) is 4.98 Å². The number of esters is 2. The van der Waals surface area contributed by atoms with Gasteiger partial charge in [0, 0.05) is 0 Å². The molecule has 0 amide bonds. The number of nitrogens with zero attached hydrogens (tertiary/aromatic N) is 1. The topological polar surface area (TPSA) is 65.5 Å². The second-order valence-electron chi connectivity index (χ2n) is 3.07. The number of carbonyl (C=O) groups excluding carboxylic acids is 2. The second-order valence-corrected chi connectivity index (χ2v) is 3.07. The predicted molar refractivity (Wildman–Crippen MR) is 51.9 cm³/mol. The van der Waals surface area contributed by atoms with Gasteiger partial charge in [-0.1, -0.05) is 0 Å². The number of halogens is 3. The van der Waals surface area contributed by atoms with Gasteiger partial charge in [0.15, 0.2) is 5.69 Å². The summed E-state index contributed by atoms with van der Waals surface area (Å²) in [4.78, 5) is 25.6. The number of carbonyl (C=O) groups is 2. The molecule has 0 aromatic carbocycles. The molecule has 98 valence electrons. The number of rotatable bonds is 2. The molecule has 0 aliphatic heterocycles. The number of hydrogen-bond acceptors (Lipinski definition) is 5. The van der Waals surface area contributed by atoms with E-state index in [-0.39, 0.29) is 0 Å². The van der Waals surface area contributed by atoms with Crippen LogP contribution in [0.25, 0.3) is 0 Å². The van der Waals surface area contributed by atoms with Crippen LogP contribution in [0.5, 0.6) is 0 Å². The van der Waals surface area contributed by atoms with Gasteiger partial charge in [-0.15, -0.1) is 0 Å². The molecule has 1 rings (SSSR count). The summed E-state index contributed by atoms with van der Waals surface area (Å²) in [5.74, 6) is -2.13. The Morgan fingerprint density at radius 1 is 1.11 bits per heavy atom. The van der Waals surface area contributed by atoms with Crippen LogP contribution in [0, 0.1) is 0 Å². The average Bonchev–Trinajstić information content (AvgIpc) is 2.35. The predicted octanol–water partition coefficient (Wildman–Crippen LogP) is 1.67. The van der Waals surface area contributed by atoms with Crippen molar-refractivity contribution in [3.63, 3.8) is 0 Å². The van der Waals surface area contributed by atoms with Crippen LogP contribution >= 0.6 is 0 Å². The lowest BCUT2D eigenvalue weighted by Crippen LogP contribution is -2.18. The third-order valence-corrected chi connectivity index (χ3v) is 1.97. The van der Waals surface area contributed by atoms with Crippen LogP contribution < -0.4 is 0 Å². The maximum absolute atomic E-state index is 12.4. The van der Waals surface area contributed by atoms with Gasteiger partial charge in [-0.3, -0.25) is 0 Å². The third kappa shape index (κ3) is 2.76. The van der Waals surface area contributed by atoms with Gasteiger partial charge in [-0.2, -0.15) is 13.2 Å². The Morgan fingerprint density at radius 2 is 1.67 bits per heavy atom. The van der Waals surface area contributed by atoms with Gasteiger partial charge in [-0.25, -0.2) is 14.6 Å². The van der Waals surface area contributed by atoms with E-state index in [1.807, 2.05) is 0 Å². The Hall–Kier alpha value is -2.12. The second kappa shape index (κ2) is 5.03. The summed E-state index contributed by atoms with van der Waals surface area (Å²) in [6.07, 6.45) is -4.72. The monoisotopic (exact) mass is 263 g/mol. The summed E-state index contributed by atoms with van der Waals surface area (Å²) in [5, 5.41) is 0. The molecule has 0 atom stereocenters. The van der Waals surface area contributed by atoms with Crippen LogP contribution in [-0.4, -0.2) is 31.1 Å². The highest BCUT2D eigenvalue weighted by atomic mass is 19.4. The van der Waals surface area contributed by atoms with E-state index in [9.17, 15) is 22.8 Å². The van der Waals surface area contributed by atoms with E-state index in [1.165, 1.54) is 0 Å². The molecule has 0 saturated carbocycles. The maximum atomic E-state index is 12.4. The largest absolute Gasteiger partial charge is 0.465 e. The summed E-state index contributed by atoms with van der Waals surface area (Å²) in [7, 11) is 1.99. The Balaban J connectivity index is 3.39. The smallest absolute Gasteiger partial charge is 0.433 e. The standard InChI is InChI=1S/C10H8F3NO4/c1-17-8(15)5-3-4-6(10(11,12)13)14-7(5)9(16)18-2/h3-4H,1-2H3. The van der Waals surface area contributed by atoms with Gasteiger partial charge in [0.1, 0.15) is 5.69 Å². The fourth-order valence-electron chi connectivity index (χ4n) is 1.14. The van der Waals surface area contributed by atoms with Gasteiger partial charge in [0.05, 0.1) is 19.8 Å². The summed E-state index contributed by atoms with van der Waals surface area (Å²) in [6, 6.07) is 1.40. The van der Waals surface area contributed by atoms with Gasteiger partial charge in [0.2, 0.25) is 0 Å². The molecule has 0 aliphatic carbocycles. The van der Waals surface area contributed by atoms with Crippen molar-refractivity contribution < 1.29 is 32.2 Å². The number of pyridine rings is 1. The third-order valence-electron chi connectivity index (χ3n) is 1.97. The summed E-state index contributed by atoms with van der Waals surface area (Å²) >= 11 is 0. The number of hydrogen-bond donors (Lipinski definition) is 0. The van der Waals surface area contributed by atoms with Crippen LogP contribution in [-0.2, 0) is 15.7 Å². The molecule has 1 heterocycles. The minimum atomic E-state index is -4.72. The maximum Gasteiger partial charge on any atom is 0.433 e. The van der Waals surface area contributed by atoms with Crippen molar-refractivity contribution in [3.8, 4) is 0 Å². The first kappa shape index (κ1) is 13.9. The minimum absolute atomic E-state index is 0.391. The summed E-state index contributed by atoms with van der Waals surface area (Å²) in [5.41, 5.74) is -2.42. The van der Waals surface area contributed by atoms with Crippen molar-refractivity contribution in [2.75, 3.05) is 14.2 Å². The molecule has 0 unspecified atom stereocenters. The molecule has 8 heteroatoms. The lowest BCUT2D eigenvalue weighted by Gasteiger charge is -2.09. The highest BCUT2D eigenvalue weighted by Crippen LogP contribution is 2.28. The van der Waals surface area contributed by atoms with Gasteiger partial charge >= 0.3 is 18.1 Å². The number of aromatic nitrogens is 1. The molecule has 0 radical (unpaired) electrons. The molecular weight excluding hydrogens is 255 g/mol.